The number of amides is 1. The number of hydrogen-bond acceptors (Lipinski definition) is 4. The van der Waals surface area contributed by atoms with Gasteiger partial charge < -0.3 is 14.7 Å². The van der Waals surface area contributed by atoms with Gasteiger partial charge in [0.15, 0.2) is 0 Å². The summed E-state index contributed by atoms with van der Waals surface area (Å²) in [6.07, 6.45) is 1.79. The molecule has 2 heterocycles. The number of nitrogens with zero attached hydrogens (tertiary/aromatic N) is 2. The topological polar surface area (TPSA) is 62.7 Å². The minimum Gasteiger partial charge on any atom is -0.506 e. The van der Waals surface area contributed by atoms with Crippen molar-refractivity contribution in [1.82, 2.24) is 9.88 Å². The van der Waals surface area contributed by atoms with Crippen molar-refractivity contribution in [2.24, 2.45) is 0 Å². The van der Waals surface area contributed by atoms with Gasteiger partial charge in [0.2, 0.25) is 0 Å². The maximum atomic E-state index is 12.0. The van der Waals surface area contributed by atoms with E-state index < -0.39 is 5.60 Å². The summed E-state index contributed by atoms with van der Waals surface area (Å²) in [6.45, 7) is 8.41. The third-order valence-electron chi connectivity index (χ3n) is 3.12. The van der Waals surface area contributed by atoms with Crippen LogP contribution in [0.15, 0.2) is 6.20 Å². The standard InChI is InChI=1S/C14H20N2O3/c1-9-10-5-6-16(13(18)19-14(2,3)4)8-11(10)12(17)7-15-9/h7,17H,5-6,8H2,1-4H3. The number of aryl methyl sites for hydroxylation is 1. The number of ether oxygens (including phenoxy) is 1. The highest BCUT2D eigenvalue weighted by molar-refractivity contribution is 5.69. The van der Waals surface area contributed by atoms with Crippen LogP contribution in [-0.2, 0) is 17.7 Å². The molecule has 0 atom stereocenters. The Labute approximate surface area is 113 Å². The Morgan fingerprint density at radius 2 is 2.11 bits per heavy atom. The molecule has 0 saturated carbocycles. The van der Waals surface area contributed by atoms with E-state index in [1.54, 1.807) is 4.90 Å². The van der Waals surface area contributed by atoms with Crippen molar-refractivity contribution in [3.63, 3.8) is 0 Å². The lowest BCUT2D eigenvalue weighted by atomic mass is 9.98. The molecule has 1 aromatic rings. The molecule has 0 aliphatic carbocycles. The van der Waals surface area contributed by atoms with Crippen molar-refractivity contribution in [2.45, 2.75) is 46.3 Å². The van der Waals surface area contributed by atoms with Crippen LogP contribution in [0.1, 0.15) is 37.6 Å². The molecular weight excluding hydrogens is 244 g/mol. The minimum atomic E-state index is -0.506. The number of hydrogen-bond donors (Lipinski definition) is 1. The van der Waals surface area contributed by atoms with Gasteiger partial charge in [-0.3, -0.25) is 4.98 Å². The fourth-order valence-corrected chi connectivity index (χ4v) is 2.19. The molecule has 1 amide bonds. The fourth-order valence-electron chi connectivity index (χ4n) is 2.19. The predicted molar refractivity (Wildman–Crippen MR) is 71.0 cm³/mol. The number of carbonyl (C=O) groups is 1. The first-order valence-electron chi connectivity index (χ1n) is 6.42. The van der Waals surface area contributed by atoms with Crippen LogP contribution in [0.5, 0.6) is 5.75 Å². The van der Waals surface area contributed by atoms with Crippen molar-refractivity contribution in [3.05, 3.63) is 23.0 Å². The molecule has 0 bridgehead atoms. The van der Waals surface area contributed by atoms with Crippen LogP contribution in [0.2, 0.25) is 0 Å². The smallest absolute Gasteiger partial charge is 0.410 e. The summed E-state index contributed by atoms with van der Waals surface area (Å²) in [5, 5.41) is 9.87. The SMILES string of the molecule is Cc1ncc(O)c2c1CCN(C(=O)OC(C)(C)C)C2. The number of pyridine rings is 1. The molecule has 1 aliphatic heterocycles. The van der Waals surface area contributed by atoms with Crippen LogP contribution < -0.4 is 0 Å². The fraction of sp³-hybridized carbons (Fsp3) is 0.571. The van der Waals surface area contributed by atoms with Crippen LogP contribution >= 0.6 is 0 Å². The molecule has 0 fully saturated rings. The molecule has 2 rings (SSSR count). The normalized spacial score (nSPS) is 15.1. The summed E-state index contributed by atoms with van der Waals surface area (Å²) in [5.41, 5.74) is 2.23. The third-order valence-corrected chi connectivity index (χ3v) is 3.12. The Morgan fingerprint density at radius 1 is 1.42 bits per heavy atom. The quantitative estimate of drug-likeness (QED) is 0.781. The maximum absolute atomic E-state index is 12.0. The van der Waals surface area contributed by atoms with Gasteiger partial charge in [-0.2, -0.15) is 0 Å². The van der Waals surface area contributed by atoms with Crippen molar-refractivity contribution in [3.8, 4) is 5.75 Å². The van der Waals surface area contributed by atoms with Crippen molar-refractivity contribution >= 4 is 6.09 Å². The molecular formula is C14H20N2O3. The van der Waals surface area contributed by atoms with Crippen molar-refractivity contribution < 1.29 is 14.6 Å². The van der Waals surface area contributed by atoms with E-state index in [-0.39, 0.29) is 11.8 Å². The molecule has 0 aromatic carbocycles. The summed E-state index contributed by atoms with van der Waals surface area (Å²) in [4.78, 5) is 17.8. The van der Waals surface area contributed by atoms with Gasteiger partial charge in [0.1, 0.15) is 11.4 Å². The van der Waals surface area contributed by atoms with Gasteiger partial charge in [0, 0.05) is 17.8 Å². The monoisotopic (exact) mass is 264 g/mol. The molecule has 1 aliphatic rings. The second kappa shape index (κ2) is 4.72. The van der Waals surface area contributed by atoms with E-state index in [2.05, 4.69) is 4.98 Å². The lowest BCUT2D eigenvalue weighted by Crippen LogP contribution is -2.40. The number of rotatable bonds is 0. The van der Waals surface area contributed by atoms with Crippen molar-refractivity contribution in [2.75, 3.05) is 6.54 Å². The molecule has 1 aromatic heterocycles. The zero-order valence-corrected chi connectivity index (χ0v) is 11.9. The highest BCUT2D eigenvalue weighted by Gasteiger charge is 2.28. The Hall–Kier alpha value is -1.78. The molecule has 104 valence electrons. The van der Waals surface area contributed by atoms with Gasteiger partial charge in [0.25, 0.3) is 0 Å². The van der Waals surface area contributed by atoms with Crippen LogP contribution in [-0.4, -0.2) is 33.2 Å². The van der Waals surface area contributed by atoms with Gasteiger partial charge in [-0.25, -0.2) is 4.79 Å². The zero-order chi connectivity index (χ0) is 14.2. The summed E-state index contributed by atoms with van der Waals surface area (Å²) in [7, 11) is 0. The highest BCUT2D eigenvalue weighted by Crippen LogP contribution is 2.28. The van der Waals surface area contributed by atoms with E-state index in [1.165, 1.54) is 6.20 Å². The highest BCUT2D eigenvalue weighted by atomic mass is 16.6. The molecule has 0 unspecified atom stereocenters. The Morgan fingerprint density at radius 3 is 2.74 bits per heavy atom. The summed E-state index contributed by atoms with van der Waals surface area (Å²) >= 11 is 0. The second-order valence-corrected chi connectivity index (χ2v) is 5.84. The van der Waals surface area contributed by atoms with Gasteiger partial charge >= 0.3 is 6.09 Å². The molecule has 19 heavy (non-hydrogen) atoms. The van der Waals surface area contributed by atoms with Crippen LogP contribution in [0.25, 0.3) is 0 Å². The first-order chi connectivity index (χ1) is 8.78. The minimum absolute atomic E-state index is 0.147. The lowest BCUT2D eigenvalue weighted by molar-refractivity contribution is 0.0222. The second-order valence-electron chi connectivity index (χ2n) is 5.84. The molecule has 5 heteroatoms. The van der Waals surface area contributed by atoms with Crippen molar-refractivity contribution in [1.29, 1.82) is 0 Å². The van der Waals surface area contributed by atoms with E-state index in [0.717, 1.165) is 16.8 Å². The average Bonchev–Trinajstić information content (AvgIpc) is 2.31. The maximum Gasteiger partial charge on any atom is 0.410 e. The molecule has 5 nitrogen and oxygen atoms in total. The largest absolute Gasteiger partial charge is 0.506 e. The van der Waals surface area contributed by atoms with E-state index >= 15 is 0 Å². The molecule has 0 saturated heterocycles. The van der Waals surface area contributed by atoms with E-state index in [9.17, 15) is 9.90 Å². The van der Waals surface area contributed by atoms with Crippen LogP contribution in [0.4, 0.5) is 4.79 Å². The van der Waals surface area contributed by atoms with E-state index in [1.807, 2.05) is 27.7 Å². The summed E-state index contributed by atoms with van der Waals surface area (Å²) in [5.74, 6) is 0.147. The number of aromatic hydroxyl groups is 1. The molecule has 0 radical (unpaired) electrons. The van der Waals surface area contributed by atoms with Gasteiger partial charge in [-0.1, -0.05) is 0 Å². The zero-order valence-electron chi connectivity index (χ0n) is 11.9. The summed E-state index contributed by atoms with van der Waals surface area (Å²) in [6, 6.07) is 0. The lowest BCUT2D eigenvalue weighted by Gasteiger charge is -2.31. The Bertz CT molecular complexity index is 506. The molecule has 0 spiro atoms. The number of fused-ring (bicyclic) bond motifs is 1. The average molecular weight is 264 g/mol. The van der Waals surface area contributed by atoms with E-state index in [0.29, 0.717) is 19.5 Å². The predicted octanol–water partition coefficient (Wildman–Crippen LogP) is 2.39. The number of carbonyl (C=O) groups excluding carboxylic acids is 1. The van der Waals surface area contributed by atoms with Gasteiger partial charge in [-0.05, 0) is 39.7 Å². The van der Waals surface area contributed by atoms with Gasteiger partial charge in [0.05, 0.1) is 12.7 Å². The van der Waals surface area contributed by atoms with Crippen LogP contribution in [0, 0.1) is 6.92 Å². The Kier molecular flexibility index (Phi) is 3.39. The van der Waals surface area contributed by atoms with E-state index in [4.69, 9.17) is 4.74 Å². The number of aromatic nitrogens is 1. The Balaban J connectivity index is 2.18. The molecule has 1 N–H and O–H groups in total. The van der Waals surface area contributed by atoms with Crippen LogP contribution in [0.3, 0.4) is 0 Å². The first kappa shape index (κ1) is 13.6. The first-order valence-corrected chi connectivity index (χ1v) is 6.42. The third kappa shape index (κ3) is 2.97. The van der Waals surface area contributed by atoms with Gasteiger partial charge in [-0.15, -0.1) is 0 Å². The summed E-state index contributed by atoms with van der Waals surface area (Å²) < 4.78 is 5.35.